The summed E-state index contributed by atoms with van der Waals surface area (Å²) >= 11 is 3.51. The van der Waals surface area contributed by atoms with Crippen LogP contribution < -0.4 is 0 Å². The molecule has 1 aliphatic rings. The molecule has 0 heterocycles. The number of hydrogen-bond acceptors (Lipinski definition) is 2. The molecule has 0 radical (unpaired) electrons. The Kier molecular flexibility index (Phi) is 2.30. The molecule has 0 saturated heterocycles. The van der Waals surface area contributed by atoms with Gasteiger partial charge in [-0.05, 0) is 37.0 Å². The lowest BCUT2D eigenvalue weighted by molar-refractivity contribution is 0.482. The normalized spacial score (nSPS) is 24.1. The maximum Gasteiger partial charge on any atom is 0.235 e. The lowest BCUT2D eigenvalue weighted by atomic mass is 9.95. The maximum atomic E-state index is 10.4. The SMILES string of the molecule is CC1(N=C=O)CCc2c(Br)cccc21. The largest absolute Gasteiger partial charge is 0.235 e. The summed E-state index contributed by atoms with van der Waals surface area (Å²) in [6, 6.07) is 6.04. The van der Waals surface area contributed by atoms with Crippen molar-refractivity contribution in [3.05, 3.63) is 33.8 Å². The predicted octanol–water partition coefficient (Wildman–Crippen LogP) is 2.95. The smallest absolute Gasteiger partial charge is 0.211 e. The zero-order valence-electron chi connectivity index (χ0n) is 7.88. The van der Waals surface area contributed by atoms with Gasteiger partial charge in [-0.2, -0.15) is 4.99 Å². The number of rotatable bonds is 1. The number of aliphatic imine (C=N–C) groups is 1. The van der Waals surface area contributed by atoms with E-state index in [1.54, 1.807) is 6.08 Å². The monoisotopic (exact) mass is 251 g/mol. The molecule has 1 aliphatic carbocycles. The second kappa shape index (κ2) is 3.34. The lowest BCUT2D eigenvalue weighted by Crippen LogP contribution is -2.14. The number of fused-ring (bicyclic) bond motifs is 1. The Bertz CT molecular complexity index is 423. The van der Waals surface area contributed by atoms with Crippen LogP contribution in [0.5, 0.6) is 0 Å². The van der Waals surface area contributed by atoms with E-state index >= 15 is 0 Å². The van der Waals surface area contributed by atoms with E-state index in [2.05, 4.69) is 20.9 Å². The average Bonchev–Trinajstić information content (AvgIpc) is 2.47. The highest BCUT2D eigenvalue weighted by Crippen LogP contribution is 2.42. The molecule has 1 unspecified atom stereocenters. The molecular formula is C11H10BrNO. The Morgan fingerprint density at radius 1 is 1.57 bits per heavy atom. The van der Waals surface area contributed by atoms with E-state index in [9.17, 15) is 4.79 Å². The van der Waals surface area contributed by atoms with Crippen molar-refractivity contribution in [2.24, 2.45) is 4.99 Å². The summed E-state index contributed by atoms with van der Waals surface area (Å²) in [6.07, 6.45) is 3.53. The summed E-state index contributed by atoms with van der Waals surface area (Å²) in [5.41, 5.74) is 2.06. The second-order valence-corrected chi connectivity index (χ2v) is 4.60. The fourth-order valence-electron chi connectivity index (χ4n) is 2.04. The number of nitrogens with zero attached hydrogens (tertiary/aromatic N) is 1. The van der Waals surface area contributed by atoms with Crippen LogP contribution in [0, 0.1) is 0 Å². The molecule has 0 aliphatic heterocycles. The molecule has 3 heteroatoms. The van der Waals surface area contributed by atoms with Gasteiger partial charge in [0.15, 0.2) is 0 Å². The Morgan fingerprint density at radius 3 is 3.07 bits per heavy atom. The summed E-state index contributed by atoms with van der Waals surface area (Å²) in [6.45, 7) is 1.98. The summed E-state index contributed by atoms with van der Waals surface area (Å²) in [4.78, 5) is 14.3. The van der Waals surface area contributed by atoms with E-state index in [0.717, 1.165) is 22.9 Å². The number of isocyanates is 1. The van der Waals surface area contributed by atoms with Gasteiger partial charge in [-0.3, -0.25) is 0 Å². The number of halogens is 1. The van der Waals surface area contributed by atoms with Crippen molar-refractivity contribution in [3.63, 3.8) is 0 Å². The van der Waals surface area contributed by atoms with Gasteiger partial charge in [-0.25, -0.2) is 4.79 Å². The highest BCUT2D eigenvalue weighted by Gasteiger charge is 2.34. The van der Waals surface area contributed by atoms with Crippen molar-refractivity contribution < 1.29 is 4.79 Å². The van der Waals surface area contributed by atoms with Crippen LogP contribution in [0.25, 0.3) is 0 Å². The zero-order chi connectivity index (χ0) is 10.2. The first-order chi connectivity index (χ1) is 6.67. The first kappa shape index (κ1) is 9.63. The van der Waals surface area contributed by atoms with Crippen LogP contribution in [0.4, 0.5) is 0 Å². The van der Waals surface area contributed by atoms with Crippen LogP contribution in [0.15, 0.2) is 27.7 Å². The molecule has 0 fully saturated rings. The van der Waals surface area contributed by atoms with Crippen LogP contribution in [0.2, 0.25) is 0 Å². The van der Waals surface area contributed by atoms with Gasteiger partial charge >= 0.3 is 0 Å². The van der Waals surface area contributed by atoms with Gasteiger partial charge in [0.2, 0.25) is 6.08 Å². The van der Waals surface area contributed by atoms with Gasteiger partial charge in [0.05, 0.1) is 5.54 Å². The quantitative estimate of drug-likeness (QED) is 0.558. The molecule has 2 rings (SSSR count). The maximum absolute atomic E-state index is 10.4. The van der Waals surface area contributed by atoms with Crippen molar-refractivity contribution in [1.29, 1.82) is 0 Å². The standard InChI is InChI=1S/C11H10BrNO/c1-11(13-7-14)6-5-8-9(11)3-2-4-10(8)12/h2-4H,5-6H2,1H3. The van der Waals surface area contributed by atoms with E-state index in [1.165, 1.54) is 5.56 Å². The Balaban J connectivity index is 2.60. The number of hydrogen-bond donors (Lipinski definition) is 0. The van der Waals surface area contributed by atoms with Crippen molar-refractivity contribution in [1.82, 2.24) is 0 Å². The van der Waals surface area contributed by atoms with E-state index in [4.69, 9.17) is 0 Å². The molecule has 1 aromatic rings. The minimum atomic E-state index is -0.360. The summed E-state index contributed by atoms with van der Waals surface area (Å²) in [5.74, 6) is 0. The third-order valence-electron chi connectivity index (χ3n) is 2.85. The molecule has 72 valence electrons. The molecule has 1 aromatic carbocycles. The Labute approximate surface area is 91.2 Å². The molecule has 2 nitrogen and oxygen atoms in total. The summed E-state index contributed by atoms with van der Waals surface area (Å²) < 4.78 is 1.11. The predicted molar refractivity (Wildman–Crippen MR) is 57.9 cm³/mol. The summed E-state index contributed by atoms with van der Waals surface area (Å²) in [7, 11) is 0. The molecule has 0 aromatic heterocycles. The molecule has 0 N–H and O–H groups in total. The first-order valence-corrected chi connectivity index (χ1v) is 5.33. The first-order valence-electron chi connectivity index (χ1n) is 4.54. The lowest BCUT2D eigenvalue weighted by Gasteiger charge is -2.17. The molecule has 14 heavy (non-hydrogen) atoms. The number of carbonyl (C=O) groups excluding carboxylic acids is 1. The molecular weight excluding hydrogens is 242 g/mol. The van der Waals surface area contributed by atoms with Gasteiger partial charge in [-0.15, -0.1) is 0 Å². The van der Waals surface area contributed by atoms with Crippen LogP contribution in [0.1, 0.15) is 24.5 Å². The van der Waals surface area contributed by atoms with Crippen LogP contribution >= 0.6 is 15.9 Å². The third-order valence-corrected chi connectivity index (χ3v) is 3.60. The van der Waals surface area contributed by atoms with Crippen molar-refractivity contribution >= 4 is 22.0 Å². The van der Waals surface area contributed by atoms with Gasteiger partial charge < -0.3 is 0 Å². The molecule has 0 bridgehead atoms. The molecule has 0 spiro atoms. The van der Waals surface area contributed by atoms with E-state index in [1.807, 2.05) is 25.1 Å². The topological polar surface area (TPSA) is 29.4 Å². The van der Waals surface area contributed by atoms with Crippen molar-refractivity contribution in [3.8, 4) is 0 Å². The fourth-order valence-corrected chi connectivity index (χ4v) is 2.60. The minimum absolute atomic E-state index is 0.360. The van der Waals surface area contributed by atoms with E-state index < -0.39 is 0 Å². The highest BCUT2D eigenvalue weighted by molar-refractivity contribution is 9.10. The third kappa shape index (κ3) is 1.33. The highest BCUT2D eigenvalue weighted by atomic mass is 79.9. The van der Waals surface area contributed by atoms with Gasteiger partial charge in [0.25, 0.3) is 0 Å². The fraction of sp³-hybridized carbons (Fsp3) is 0.364. The molecule has 0 amide bonds. The van der Waals surface area contributed by atoms with Crippen LogP contribution in [-0.4, -0.2) is 6.08 Å². The minimum Gasteiger partial charge on any atom is -0.211 e. The van der Waals surface area contributed by atoms with Crippen LogP contribution in [0.3, 0.4) is 0 Å². The van der Waals surface area contributed by atoms with Crippen molar-refractivity contribution in [2.45, 2.75) is 25.3 Å². The Hall–Kier alpha value is -0.920. The molecule has 0 saturated carbocycles. The van der Waals surface area contributed by atoms with Gasteiger partial charge in [-0.1, -0.05) is 28.1 Å². The zero-order valence-corrected chi connectivity index (χ0v) is 9.47. The Morgan fingerprint density at radius 2 is 2.36 bits per heavy atom. The number of benzene rings is 1. The van der Waals surface area contributed by atoms with E-state index in [0.29, 0.717) is 0 Å². The summed E-state index contributed by atoms with van der Waals surface area (Å²) in [5, 5.41) is 0. The molecule has 1 atom stereocenters. The van der Waals surface area contributed by atoms with Gasteiger partial charge in [0, 0.05) is 4.47 Å². The van der Waals surface area contributed by atoms with Crippen molar-refractivity contribution in [2.75, 3.05) is 0 Å². The average molecular weight is 252 g/mol. The second-order valence-electron chi connectivity index (χ2n) is 3.74. The van der Waals surface area contributed by atoms with E-state index in [-0.39, 0.29) is 5.54 Å². The van der Waals surface area contributed by atoms with Gasteiger partial charge in [0.1, 0.15) is 0 Å². The van der Waals surface area contributed by atoms with Crippen LogP contribution in [-0.2, 0) is 16.8 Å².